The van der Waals surface area contributed by atoms with Gasteiger partial charge in [0.25, 0.3) is 0 Å². The highest BCUT2D eigenvalue weighted by molar-refractivity contribution is 5.95. The van der Waals surface area contributed by atoms with Crippen molar-refractivity contribution in [3.63, 3.8) is 0 Å². The molecular formula is C17H23NO4. The van der Waals surface area contributed by atoms with E-state index in [4.69, 9.17) is 9.84 Å². The fraction of sp³-hybridized carbons (Fsp3) is 0.529. The average molecular weight is 305 g/mol. The second-order valence-electron chi connectivity index (χ2n) is 5.99. The Morgan fingerprint density at radius 1 is 1.32 bits per heavy atom. The minimum Gasteiger partial charge on any atom is -0.478 e. The molecule has 1 aromatic rings. The molecular weight excluding hydrogens is 282 g/mol. The summed E-state index contributed by atoms with van der Waals surface area (Å²) in [6.45, 7) is 3.99. The van der Waals surface area contributed by atoms with Crippen molar-refractivity contribution in [1.29, 1.82) is 0 Å². The van der Waals surface area contributed by atoms with Crippen LogP contribution in [0.15, 0.2) is 18.2 Å². The molecule has 0 heterocycles. The molecule has 0 spiro atoms. The first-order valence-corrected chi connectivity index (χ1v) is 7.72. The van der Waals surface area contributed by atoms with E-state index < -0.39 is 5.97 Å². The topological polar surface area (TPSA) is 75.6 Å². The monoisotopic (exact) mass is 305 g/mol. The molecule has 2 unspecified atom stereocenters. The van der Waals surface area contributed by atoms with E-state index >= 15 is 0 Å². The molecule has 2 rings (SSSR count). The van der Waals surface area contributed by atoms with Gasteiger partial charge in [0.05, 0.1) is 11.7 Å². The molecule has 22 heavy (non-hydrogen) atoms. The van der Waals surface area contributed by atoms with E-state index in [1.54, 1.807) is 6.07 Å². The lowest BCUT2D eigenvalue weighted by Crippen LogP contribution is -2.30. The number of benzene rings is 1. The number of carboxylic acids is 1. The molecule has 1 fully saturated rings. The van der Waals surface area contributed by atoms with Crippen LogP contribution < -0.4 is 5.32 Å². The fourth-order valence-corrected chi connectivity index (χ4v) is 2.79. The SMILES string of the molecule is Cc1ccc(C(=O)O)cc1NC(=O)COC1CCCCC1C. The van der Waals surface area contributed by atoms with E-state index in [1.165, 1.54) is 18.6 Å². The highest BCUT2D eigenvalue weighted by Gasteiger charge is 2.22. The number of aromatic carboxylic acids is 1. The summed E-state index contributed by atoms with van der Waals surface area (Å²) < 4.78 is 5.72. The lowest BCUT2D eigenvalue weighted by molar-refractivity contribution is -0.124. The summed E-state index contributed by atoms with van der Waals surface area (Å²) in [6, 6.07) is 4.68. The first kappa shape index (κ1) is 16.5. The quantitative estimate of drug-likeness (QED) is 0.875. The summed E-state index contributed by atoms with van der Waals surface area (Å²) in [5.74, 6) is -0.773. The molecule has 120 valence electrons. The van der Waals surface area contributed by atoms with Crippen molar-refractivity contribution in [2.45, 2.75) is 45.6 Å². The highest BCUT2D eigenvalue weighted by Crippen LogP contribution is 2.26. The zero-order valence-corrected chi connectivity index (χ0v) is 13.1. The Morgan fingerprint density at radius 3 is 2.73 bits per heavy atom. The molecule has 0 bridgehead atoms. The predicted molar refractivity (Wildman–Crippen MR) is 84.1 cm³/mol. The summed E-state index contributed by atoms with van der Waals surface area (Å²) in [5, 5.41) is 11.7. The second kappa shape index (κ2) is 7.40. The number of anilines is 1. The van der Waals surface area contributed by atoms with Crippen molar-refractivity contribution in [2.75, 3.05) is 11.9 Å². The second-order valence-corrected chi connectivity index (χ2v) is 5.99. The maximum absolute atomic E-state index is 12.0. The molecule has 5 heteroatoms. The van der Waals surface area contributed by atoms with Gasteiger partial charge in [0, 0.05) is 5.69 Å². The zero-order valence-electron chi connectivity index (χ0n) is 13.1. The third-order valence-electron chi connectivity index (χ3n) is 4.22. The largest absolute Gasteiger partial charge is 0.478 e. The van der Waals surface area contributed by atoms with E-state index in [2.05, 4.69) is 12.2 Å². The first-order valence-electron chi connectivity index (χ1n) is 7.72. The van der Waals surface area contributed by atoms with Gasteiger partial charge < -0.3 is 15.2 Å². The molecule has 0 aliphatic heterocycles. The number of rotatable bonds is 5. The van der Waals surface area contributed by atoms with Gasteiger partial charge in [-0.15, -0.1) is 0 Å². The van der Waals surface area contributed by atoms with Crippen molar-refractivity contribution < 1.29 is 19.4 Å². The Balaban J connectivity index is 1.91. The molecule has 0 aromatic heterocycles. The van der Waals surface area contributed by atoms with E-state index in [-0.39, 0.29) is 24.2 Å². The van der Waals surface area contributed by atoms with Crippen molar-refractivity contribution in [1.82, 2.24) is 0 Å². The van der Waals surface area contributed by atoms with Crippen LogP contribution in [0.1, 0.15) is 48.5 Å². The molecule has 2 N–H and O–H groups in total. The van der Waals surface area contributed by atoms with Crippen molar-refractivity contribution >= 4 is 17.6 Å². The standard InChI is InChI=1S/C17H23NO4/c1-11-7-8-13(17(20)21)9-14(11)18-16(19)10-22-15-6-4-3-5-12(15)2/h7-9,12,15H,3-6,10H2,1-2H3,(H,18,19)(H,20,21). The predicted octanol–water partition coefficient (Wildman–Crippen LogP) is 3.23. The smallest absolute Gasteiger partial charge is 0.335 e. The lowest BCUT2D eigenvalue weighted by atomic mass is 9.88. The van der Waals surface area contributed by atoms with E-state index in [0.717, 1.165) is 24.8 Å². The van der Waals surface area contributed by atoms with E-state index in [9.17, 15) is 9.59 Å². The molecule has 1 saturated carbocycles. The minimum absolute atomic E-state index is 0.00570. The van der Waals surface area contributed by atoms with Gasteiger partial charge in [-0.05, 0) is 43.4 Å². The first-order chi connectivity index (χ1) is 10.5. The number of ether oxygens (including phenoxy) is 1. The van der Waals surface area contributed by atoms with Gasteiger partial charge in [-0.1, -0.05) is 25.8 Å². The van der Waals surface area contributed by atoms with E-state index in [1.807, 2.05) is 6.92 Å². The van der Waals surface area contributed by atoms with Gasteiger partial charge in [0.15, 0.2) is 0 Å². The number of nitrogens with one attached hydrogen (secondary N) is 1. The van der Waals surface area contributed by atoms with Crippen LogP contribution >= 0.6 is 0 Å². The molecule has 5 nitrogen and oxygen atoms in total. The third kappa shape index (κ3) is 4.31. The minimum atomic E-state index is -1.01. The summed E-state index contributed by atoms with van der Waals surface area (Å²) in [4.78, 5) is 23.0. The van der Waals surface area contributed by atoms with Crippen molar-refractivity contribution in [3.05, 3.63) is 29.3 Å². The lowest BCUT2D eigenvalue weighted by Gasteiger charge is -2.28. The van der Waals surface area contributed by atoms with Gasteiger partial charge in [0.1, 0.15) is 6.61 Å². The number of carboxylic acid groups (broad SMARTS) is 1. The van der Waals surface area contributed by atoms with Gasteiger partial charge >= 0.3 is 5.97 Å². The zero-order chi connectivity index (χ0) is 16.1. The van der Waals surface area contributed by atoms with Crippen LogP contribution in [0.25, 0.3) is 0 Å². The Morgan fingerprint density at radius 2 is 2.05 bits per heavy atom. The van der Waals surface area contributed by atoms with Crippen LogP contribution in [-0.2, 0) is 9.53 Å². The Bertz CT molecular complexity index is 556. The Labute approximate surface area is 130 Å². The summed E-state index contributed by atoms with van der Waals surface area (Å²) in [5.41, 5.74) is 1.50. The van der Waals surface area contributed by atoms with Crippen LogP contribution in [0.3, 0.4) is 0 Å². The maximum atomic E-state index is 12.0. The number of amides is 1. The summed E-state index contributed by atoms with van der Waals surface area (Å²) >= 11 is 0. The number of carbonyl (C=O) groups excluding carboxylic acids is 1. The number of hydrogen-bond acceptors (Lipinski definition) is 3. The third-order valence-corrected chi connectivity index (χ3v) is 4.22. The fourth-order valence-electron chi connectivity index (χ4n) is 2.79. The van der Waals surface area contributed by atoms with Crippen molar-refractivity contribution in [3.8, 4) is 0 Å². The molecule has 1 aliphatic rings. The van der Waals surface area contributed by atoms with Gasteiger partial charge in [-0.3, -0.25) is 4.79 Å². The van der Waals surface area contributed by atoms with Crippen LogP contribution in [0.5, 0.6) is 0 Å². The normalized spacial score (nSPS) is 21.4. The number of aryl methyl sites for hydroxylation is 1. The van der Waals surface area contributed by atoms with E-state index in [0.29, 0.717) is 11.6 Å². The molecule has 2 atom stereocenters. The van der Waals surface area contributed by atoms with Crippen molar-refractivity contribution in [2.24, 2.45) is 5.92 Å². The van der Waals surface area contributed by atoms with Gasteiger partial charge in [0.2, 0.25) is 5.91 Å². The van der Waals surface area contributed by atoms with Crippen LogP contribution in [-0.4, -0.2) is 29.7 Å². The van der Waals surface area contributed by atoms with Crippen LogP contribution in [0.4, 0.5) is 5.69 Å². The molecule has 1 amide bonds. The van der Waals surface area contributed by atoms with Gasteiger partial charge in [-0.25, -0.2) is 4.79 Å². The van der Waals surface area contributed by atoms with Crippen LogP contribution in [0, 0.1) is 12.8 Å². The average Bonchev–Trinajstić information content (AvgIpc) is 2.48. The highest BCUT2D eigenvalue weighted by atomic mass is 16.5. The maximum Gasteiger partial charge on any atom is 0.335 e. The summed E-state index contributed by atoms with van der Waals surface area (Å²) in [7, 11) is 0. The number of hydrogen-bond donors (Lipinski definition) is 2. The van der Waals surface area contributed by atoms with Crippen LogP contribution in [0.2, 0.25) is 0 Å². The van der Waals surface area contributed by atoms with Gasteiger partial charge in [-0.2, -0.15) is 0 Å². The molecule has 1 aliphatic carbocycles. The number of carbonyl (C=O) groups is 2. The molecule has 1 aromatic carbocycles. The Hall–Kier alpha value is -1.88. The Kier molecular flexibility index (Phi) is 5.55. The molecule has 0 saturated heterocycles. The summed E-state index contributed by atoms with van der Waals surface area (Å²) in [6.07, 6.45) is 4.67. The molecule has 0 radical (unpaired) electrons.